The molecule has 0 aliphatic carbocycles. The van der Waals surface area contributed by atoms with E-state index >= 15 is 0 Å². The first kappa shape index (κ1) is 12.3. The van der Waals surface area contributed by atoms with E-state index in [2.05, 4.69) is 35.2 Å². The van der Waals surface area contributed by atoms with Crippen LogP contribution in [0, 0.1) is 0 Å². The van der Waals surface area contributed by atoms with Crippen molar-refractivity contribution < 1.29 is 18.2 Å². The molecule has 13 heavy (non-hydrogen) atoms. The fourth-order valence-corrected chi connectivity index (χ4v) is 2.76. The van der Waals surface area contributed by atoms with Crippen LogP contribution in [0.5, 0.6) is 0 Å². The molecule has 0 saturated carbocycles. The summed E-state index contributed by atoms with van der Waals surface area (Å²) in [5.41, 5.74) is 1.43. The Balaban J connectivity index is 0.000000184. The van der Waals surface area contributed by atoms with E-state index in [-0.39, 0.29) is 0 Å². The first-order chi connectivity index (χ1) is 6.20. The van der Waals surface area contributed by atoms with E-state index in [1.165, 1.54) is 5.56 Å². The Morgan fingerprint density at radius 1 is 1.08 bits per heavy atom. The van der Waals surface area contributed by atoms with Crippen molar-refractivity contribution in [1.29, 1.82) is 0 Å². The van der Waals surface area contributed by atoms with E-state index in [0.717, 1.165) is 0 Å². The van der Waals surface area contributed by atoms with Gasteiger partial charge in [0.15, 0.2) is 0 Å². The first-order valence-electron chi connectivity index (χ1n) is 3.50. The van der Waals surface area contributed by atoms with Gasteiger partial charge in [0.1, 0.15) is 0 Å². The van der Waals surface area contributed by atoms with Crippen LogP contribution in [-0.2, 0) is 18.2 Å². The molecule has 5 heteroatoms. The number of hydrogen-bond donors (Lipinski definition) is 0. The molecule has 0 unspecified atom stereocenters. The van der Waals surface area contributed by atoms with Crippen LogP contribution in [0.15, 0.2) is 29.1 Å². The van der Waals surface area contributed by atoms with Crippen molar-refractivity contribution >= 4 is 51.7 Å². The van der Waals surface area contributed by atoms with Gasteiger partial charge in [-0.2, -0.15) is 0 Å². The second-order valence-electron chi connectivity index (χ2n) is 2.22. The molecule has 0 saturated heterocycles. The van der Waals surface area contributed by atoms with Crippen molar-refractivity contribution in [1.82, 2.24) is 0 Å². The first-order valence-corrected chi connectivity index (χ1v) is 15.0. The van der Waals surface area contributed by atoms with Gasteiger partial charge >= 0.3 is 105 Å². The Morgan fingerprint density at radius 3 is 2.31 bits per heavy atom. The van der Waals surface area contributed by atoms with Crippen molar-refractivity contribution in [3.8, 4) is 0 Å². The molecule has 0 aromatic heterocycles. The van der Waals surface area contributed by atoms with Crippen LogP contribution in [0.25, 0.3) is 6.08 Å². The molecular weight excluding hydrogens is 369 g/mol. The SMILES string of the molecule is C1=Cc2ccccc2[As]1.[Cl][Zr]([Cl])[Cl]. The summed E-state index contributed by atoms with van der Waals surface area (Å²) < 4.78 is 1.55. The molecule has 0 spiro atoms. The van der Waals surface area contributed by atoms with Crippen molar-refractivity contribution in [2.45, 2.75) is 0 Å². The average molecular weight is 375 g/mol. The van der Waals surface area contributed by atoms with Gasteiger partial charge in [0.2, 0.25) is 0 Å². The fraction of sp³-hybridized carbons (Fsp3) is 0. The predicted octanol–water partition coefficient (Wildman–Crippen LogP) is 3.07. The van der Waals surface area contributed by atoms with Crippen LogP contribution >= 0.6 is 25.5 Å². The Hall–Kier alpha value is 1.27. The summed E-state index contributed by atoms with van der Waals surface area (Å²) in [6.45, 7) is 0. The minimum atomic E-state index is -2.13. The van der Waals surface area contributed by atoms with Crippen LogP contribution in [-0.4, -0.2) is 15.8 Å². The van der Waals surface area contributed by atoms with E-state index in [4.69, 9.17) is 25.5 Å². The van der Waals surface area contributed by atoms with E-state index in [1.807, 2.05) is 0 Å². The molecule has 1 aromatic rings. The van der Waals surface area contributed by atoms with Crippen molar-refractivity contribution in [2.75, 3.05) is 0 Å². The molecule has 68 valence electrons. The van der Waals surface area contributed by atoms with Crippen molar-refractivity contribution in [3.63, 3.8) is 0 Å². The molecule has 0 bridgehead atoms. The Labute approximate surface area is 103 Å². The maximum absolute atomic E-state index is 5.00. The summed E-state index contributed by atoms with van der Waals surface area (Å²) in [4.78, 5) is 2.29. The summed E-state index contributed by atoms with van der Waals surface area (Å²) in [5.74, 6) is 0. The number of hydrogen-bond acceptors (Lipinski definition) is 0. The fourth-order valence-electron chi connectivity index (χ4n) is 0.944. The molecule has 1 radical (unpaired) electrons. The topological polar surface area (TPSA) is 0 Å². The van der Waals surface area contributed by atoms with Gasteiger partial charge in [0.25, 0.3) is 0 Å². The van der Waals surface area contributed by atoms with E-state index in [9.17, 15) is 0 Å². The maximum atomic E-state index is 5.00. The molecule has 0 nitrogen and oxygen atoms in total. The number of rotatable bonds is 0. The van der Waals surface area contributed by atoms with E-state index < -0.39 is 18.2 Å². The van der Waals surface area contributed by atoms with Crippen LogP contribution in [0.4, 0.5) is 0 Å². The third kappa shape index (κ3) is 5.05. The molecule has 1 heterocycles. The Kier molecular flexibility index (Phi) is 6.36. The van der Waals surface area contributed by atoms with Gasteiger partial charge in [0, 0.05) is 0 Å². The van der Waals surface area contributed by atoms with Crippen LogP contribution in [0.3, 0.4) is 0 Å². The number of halogens is 3. The van der Waals surface area contributed by atoms with Crippen LogP contribution < -0.4 is 4.35 Å². The van der Waals surface area contributed by atoms with Gasteiger partial charge < -0.3 is 0 Å². The third-order valence-electron chi connectivity index (χ3n) is 1.40. The Morgan fingerprint density at radius 2 is 1.69 bits per heavy atom. The molecular formula is C8H6AsCl3Zr. The number of benzene rings is 1. The average Bonchev–Trinajstić information content (AvgIpc) is 2.49. The van der Waals surface area contributed by atoms with E-state index in [0.29, 0.717) is 15.8 Å². The summed E-state index contributed by atoms with van der Waals surface area (Å²) in [6, 6.07) is 8.60. The normalized spacial score (nSPS) is 13.5. The summed E-state index contributed by atoms with van der Waals surface area (Å²) >= 11 is -1.75. The standard InChI is InChI=1S/C8H6As.3ClH.Zr/c1-2-4-8-7(3-1)5-6-9-8;;;;/h1-6H;3*1H;/q;;;;+3/p-3. The third-order valence-corrected chi connectivity index (χ3v) is 3.47. The summed E-state index contributed by atoms with van der Waals surface area (Å²) in [6.07, 6.45) is 2.22. The van der Waals surface area contributed by atoms with Gasteiger partial charge in [-0.05, 0) is 0 Å². The molecule has 1 aliphatic heterocycles. The summed E-state index contributed by atoms with van der Waals surface area (Å²) in [7, 11) is 15.0. The molecule has 0 N–H and O–H groups in total. The molecule has 1 aliphatic rings. The van der Waals surface area contributed by atoms with Crippen molar-refractivity contribution in [2.24, 2.45) is 0 Å². The van der Waals surface area contributed by atoms with Gasteiger partial charge in [-0.3, -0.25) is 0 Å². The van der Waals surface area contributed by atoms with Gasteiger partial charge in [0.05, 0.1) is 0 Å². The second kappa shape index (κ2) is 6.70. The van der Waals surface area contributed by atoms with Crippen LogP contribution in [0.2, 0.25) is 0 Å². The Bertz CT molecular complexity index is 298. The molecule has 0 amide bonds. The molecule has 0 fully saturated rings. The van der Waals surface area contributed by atoms with Crippen LogP contribution in [0.1, 0.15) is 5.56 Å². The number of fused-ring (bicyclic) bond motifs is 1. The molecule has 0 atom stereocenters. The van der Waals surface area contributed by atoms with Gasteiger partial charge in [-0.25, -0.2) is 0 Å². The zero-order valence-electron chi connectivity index (χ0n) is 6.55. The van der Waals surface area contributed by atoms with Gasteiger partial charge in [-0.1, -0.05) is 0 Å². The molecule has 1 aromatic carbocycles. The zero-order valence-corrected chi connectivity index (χ0v) is 13.1. The predicted molar refractivity (Wildman–Crippen MR) is 58.4 cm³/mol. The van der Waals surface area contributed by atoms with Crippen molar-refractivity contribution in [3.05, 3.63) is 34.7 Å². The van der Waals surface area contributed by atoms with E-state index in [1.54, 1.807) is 4.35 Å². The quantitative estimate of drug-likeness (QED) is 0.612. The monoisotopic (exact) mass is 372 g/mol. The zero-order chi connectivity index (χ0) is 9.68. The summed E-state index contributed by atoms with van der Waals surface area (Å²) in [5, 5.41) is 0. The second-order valence-corrected chi connectivity index (χ2v) is 15.6. The van der Waals surface area contributed by atoms with Gasteiger partial charge in [-0.15, -0.1) is 0 Å². The minimum absolute atomic E-state index is 0.372. The molecule has 2 rings (SSSR count).